The molecule has 1 aromatic carbocycles. The first-order valence-electron chi connectivity index (χ1n) is 7.76. The highest BCUT2D eigenvalue weighted by Gasteiger charge is 2.25. The average molecular weight is 289 g/mol. The molecule has 0 bridgehead atoms. The Labute approximate surface area is 127 Å². The number of carbonyl (C=O) groups is 1. The van der Waals surface area contributed by atoms with E-state index in [1.54, 1.807) is 0 Å². The summed E-state index contributed by atoms with van der Waals surface area (Å²) >= 11 is 0. The lowest BCUT2D eigenvalue weighted by Crippen LogP contribution is -2.34. The first-order chi connectivity index (χ1) is 9.95. The molecule has 3 N–H and O–H groups in total. The summed E-state index contributed by atoms with van der Waals surface area (Å²) in [5.74, 6) is 0.177. The van der Waals surface area contributed by atoms with Crippen molar-refractivity contribution >= 4 is 11.6 Å². The maximum Gasteiger partial charge on any atom is 0.227 e. The van der Waals surface area contributed by atoms with Gasteiger partial charge in [0.05, 0.1) is 0 Å². The number of carbonyl (C=O) groups excluding carboxylic acids is 1. The number of rotatable bonds is 4. The third-order valence-corrected chi connectivity index (χ3v) is 4.09. The van der Waals surface area contributed by atoms with Crippen molar-refractivity contribution in [1.82, 2.24) is 4.90 Å². The van der Waals surface area contributed by atoms with Gasteiger partial charge in [0.25, 0.3) is 0 Å². The van der Waals surface area contributed by atoms with E-state index in [0.717, 1.165) is 43.5 Å². The average Bonchev–Trinajstić information content (AvgIpc) is 2.41. The normalized spacial score (nSPS) is 22.3. The van der Waals surface area contributed by atoms with Gasteiger partial charge in [-0.3, -0.25) is 4.79 Å². The molecule has 4 nitrogen and oxygen atoms in total. The maximum absolute atomic E-state index is 12.5. The maximum atomic E-state index is 12.5. The lowest BCUT2D eigenvalue weighted by Gasteiger charge is -2.26. The molecule has 1 saturated carbocycles. The summed E-state index contributed by atoms with van der Waals surface area (Å²) in [6, 6.07) is 6.37. The molecule has 2 unspecified atom stereocenters. The Morgan fingerprint density at radius 2 is 2.14 bits per heavy atom. The zero-order chi connectivity index (χ0) is 15.4. The number of anilines is 1. The second-order valence-electron chi connectivity index (χ2n) is 6.51. The van der Waals surface area contributed by atoms with Crippen molar-refractivity contribution in [2.75, 3.05) is 19.4 Å². The van der Waals surface area contributed by atoms with E-state index < -0.39 is 0 Å². The lowest BCUT2D eigenvalue weighted by atomic mass is 9.85. The molecule has 1 fully saturated rings. The quantitative estimate of drug-likeness (QED) is 0.895. The highest BCUT2D eigenvalue weighted by molar-refractivity contribution is 5.93. The van der Waals surface area contributed by atoms with E-state index in [2.05, 4.69) is 23.2 Å². The van der Waals surface area contributed by atoms with Crippen molar-refractivity contribution in [3.05, 3.63) is 29.3 Å². The molecule has 116 valence electrons. The third kappa shape index (κ3) is 4.55. The number of aryl methyl sites for hydroxylation is 1. The first-order valence-corrected chi connectivity index (χ1v) is 7.76. The number of amides is 1. The highest BCUT2D eigenvalue weighted by Crippen LogP contribution is 2.26. The van der Waals surface area contributed by atoms with E-state index in [4.69, 9.17) is 5.73 Å². The van der Waals surface area contributed by atoms with Gasteiger partial charge in [0.2, 0.25) is 5.91 Å². The molecule has 2 rings (SSSR count). The van der Waals surface area contributed by atoms with Crippen LogP contribution in [0.15, 0.2) is 18.2 Å². The minimum Gasteiger partial charge on any atom is -0.328 e. The SMILES string of the molecule is Cc1ccc(NC(=O)C2CCCC(N)C2)c(CN(C)C)c1. The van der Waals surface area contributed by atoms with Gasteiger partial charge >= 0.3 is 0 Å². The van der Waals surface area contributed by atoms with E-state index in [-0.39, 0.29) is 17.9 Å². The summed E-state index contributed by atoms with van der Waals surface area (Å²) < 4.78 is 0. The minimum atomic E-state index is 0.0576. The van der Waals surface area contributed by atoms with Gasteiger partial charge in [-0.1, -0.05) is 24.1 Å². The summed E-state index contributed by atoms with van der Waals surface area (Å²) in [6.07, 6.45) is 3.85. The molecule has 1 aliphatic carbocycles. The molecule has 0 radical (unpaired) electrons. The van der Waals surface area contributed by atoms with E-state index in [1.165, 1.54) is 5.56 Å². The fourth-order valence-corrected chi connectivity index (χ4v) is 3.02. The monoisotopic (exact) mass is 289 g/mol. The van der Waals surface area contributed by atoms with Crippen LogP contribution in [0, 0.1) is 12.8 Å². The first kappa shape index (κ1) is 16.0. The molecule has 4 heteroatoms. The predicted molar refractivity (Wildman–Crippen MR) is 87.1 cm³/mol. The molecule has 0 saturated heterocycles. The standard InChI is InChI=1S/C17H27N3O/c1-12-7-8-16(14(9-12)11-20(2)3)19-17(21)13-5-4-6-15(18)10-13/h7-9,13,15H,4-6,10-11,18H2,1-3H3,(H,19,21). The van der Waals surface area contributed by atoms with Crippen molar-refractivity contribution in [1.29, 1.82) is 0 Å². The van der Waals surface area contributed by atoms with Gasteiger partial charge in [-0.25, -0.2) is 0 Å². The summed E-state index contributed by atoms with van der Waals surface area (Å²) in [6.45, 7) is 2.90. The molecule has 21 heavy (non-hydrogen) atoms. The van der Waals surface area contributed by atoms with Crippen LogP contribution in [0.1, 0.15) is 36.8 Å². The second kappa shape index (κ2) is 7.05. The summed E-state index contributed by atoms with van der Waals surface area (Å²) in [7, 11) is 4.07. The lowest BCUT2D eigenvalue weighted by molar-refractivity contribution is -0.120. The zero-order valence-electron chi connectivity index (χ0n) is 13.4. The summed E-state index contributed by atoms with van der Waals surface area (Å²) in [5.41, 5.74) is 9.29. The van der Waals surface area contributed by atoms with E-state index >= 15 is 0 Å². The fraction of sp³-hybridized carbons (Fsp3) is 0.588. The molecule has 0 heterocycles. The molecule has 2 atom stereocenters. The molecule has 0 aliphatic heterocycles. The van der Waals surface area contributed by atoms with E-state index in [1.807, 2.05) is 26.2 Å². The Morgan fingerprint density at radius 1 is 1.38 bits per heavy atom. The number of nitrogens with zero attached hydrogens (tertiary/aromatic N) is 1. The van der Waals surface area contributed by atoms with Crippen molar-refractivity contribution < 1.29 is 4.79 Å². The van der Waals surface area contributed by atoms with E-state index in [0.29, 0.717) is 0 Å². The van der Waals surface area contributed by atoms with Gasteiger partial charge in [-0.2, -0.15) is 0 Å². The van der Waals surface area contributed by atoms with Crippen LogP contribution in [-0.4, -0.2) is 30.9 Å². The van der Waals surface area contributed by atoms with Crippen LogP contribution in [0.5, 0.6) is 0 Å². The number of nitrogens with one attached hydrogen (secondary N) is 1. The van der Waals surface area contributed by atoms with Crippen molar-refractivity contribution in [3.8, 4) is 0 Å². The Kier molecular flexibility index (Phi) is 5.37. The Morgan fingerprint density at radius 3 is 2.81 bits per heavy atom. The summed E-state index contributed by atoms with van der Waals surface area (Å²) in [5, 5.41) is 3.11. The van der Waals surface area contributed by atoms with E-state index in [9.17, 15) is 4.79 Å². The predicted octanol–water partition coefficient (Wildman–Crippen LogP) is 2.51. The molecular weight excluding hydrogens is 262 g/mol. The Bertz CT molecular complexity index is 499. The van der Waals surface area contributed by atoms with Crippen molar-refractivity contribution in [2.45, 2.75) is 45.2 Å². The van der Waals surface area contributed by atoms with Gasteiger partial charge in [0.1, 0.15) is 0 Å². The van der Waals surface area contributed by atoms with Crippen LogP contribution in [0.4, 0.5) is 5.69 Å². The Hall–Kier alpha value is -1.39. The number of nitrogens with two attached hydrogens (primary N) is 1. The van der Waals surface area contributed by atoms with Crippen LogP contribution in [-0.2, 0) is 11.3 Å². The van der Waals surface area contributed by atoms with Gasteiger partial charge in [0.15, 0.2) is 0 Å². The van der Waals surface area contributed by atoms with Gasteiger partial charge in [0, 0.05) is 24.2 Å². The molecule has 1 amide bonds. The van der Waals surface area contributed by atoms with Crippen molar-refractivity contribution in [3.63, 3.8) is 0 Å². The van der Waals surface area contributed by atoms with Crippen LogP contribution >= 0.6 is 0 Å². The molecule has 0 aromatic heterocycles. The molecule has 1 aliphatic rings. The van der Waals surface area contributed by atoms with Crippen LogP contribution < -0.4 is 11.1 Å². The third-order valence-electron chi connectivity index (χ3n) is 4.09. The molecule has 0 spiro atoms. The number of benzene rings is 1. The van der Waals surface area contributed by atoms with Crippen LogP contribution in [0.25, 0.3) is 0 Å². The van der Waals surface area contributed by atoms with Crippen LogP contribution in [0.3, 0.4) is 0 Å². The smallest absolute Gasteiger partial charge is 0.227 e. The molecule has 1 aromatic rings. The van der Waals surface area contributed by atoms with Gasteiger partial charge < -0.3 is 16.0 Å². The van der Waals surface area contributed by atoms with Crippen LogP contribution in [0.2, 0.25) is 0 Å². The minimum absolute atomic E-state index is 0.0576. The fourth-order valence-electron chi connectivity index (χ4n) is 3.02. The largest absolute Gasteiger partial charge is 0.328 e. The number of hydrogen-bond acceptors (Lipinski definition) is 3. The number of hydrogen-bond donors (Lipinski definition) is 2. The van der Waals surface area contributed by atoms with Gasteiger partial charge in [-0.05, 0) is 51.9 Å². The summed E-state index contributed by atoms with van der Waals surface area (Å²) in [4.78, 5) is 14.6. The zero-order valence-corrected chi connectivity index (χ0v) is 13.4. The van der Waals surface area contributed by atoms with Crippen molar-refractivity contribution in [2.24, 2.45) is 11.7 Å². The van der Waals surface area contributed by atoms with Gasteiger partial charge in [-0.15, -0.1) is 0 Å². The molecular formula is C17H27N3O. The Balaban J connectivity index is 2.09. The second-order valence-corrected chi connectivity index (χ2v) is 6.51. The highest BCUT2D eigenvalue weighted by atomic mass is 16.1. The topological polar surface area (TPSA) is 58.4 Å².